The Kier molecular flexibility index (Phi) is 4.71. The summed E-state index contributed by atoms with van der Waals surface area (Å²) in [5, 5.41) is -1.26. The van der Waals surface area contributed by atoms with Crippen molar-refractivity contribution in [1.29, 1.82) is 0 Å². The van der Waals surface area contributed by atoms with E-state index in [1.165, 1.54) is 0 Å². The van der Waals surface area contributed by atoms with Gasteiger partial charge in [-0.05, 0) is 12.1 Å². The first-order chi connectivity index (χ1) is 9.68. The standard InChI is InChI=1S/C10H5ClF9NO/c11-6-3(21)1-2-4(5(6)8(13,14)15)22-10(19,20)7(12)9(16,17)18/h1-2,7H,21H2. The molecule has 1 aromatic rings. The van der Waals surface area contributed by atoms with Crippen LogP contribution in [-0.2, 0) is 6.18 Å². The summed E-state index contributed by atoms with van der Waals surface area (Å²) in [7, 11) is 0. The first-order valence-corrected chi connectivity index (χ1v) is 5.48. The first kappa shape index (κ1) is 18.5. The van der Waals surface area contributed by atoms with Crippen LogP contribution in [0.5, 0.6) is 5.75 Å². The number of nitrogen functional groups attached to an aromatic ring is 1. The van der Waals surface area contributed by atoms with E-state index in [0.29, 0.717) is 6.07 Å². The zero-order chi connectivity index (χ0) is 17.5. The maximum absolute atomic E-state index is 13.0. The second kappa shape index (κ2) is 5.60. The normalized spacial score (nSPS) is 14.8. The van der Waals surface area contributed by atoms with E-state index in [0.717, 1.165) is 0 Å². The molecule has 0 spiro atoms. The summed E-state index contributed by atoms with van der Waals surface area (Å²) in [4.78, 5) is 0. The Hall–Kier alpha value is -1.52. The molecule has 0 fully saturated rings. The lowest BCUT2D eigenvalue weighted by molar-refractivity contribution is -0.305. The van der Waals surface area contributed by atoms with Gasteiger partial charge in [0.25, 0.3) is 6.17 Å². The van der Waals surface area contributed by atoms with E-state index >= 15 is 0 Å². The van der Waals surface area contributed by atoms with Crippen LogP contribution in [0.4, 0.5) is 45.2 Å². The van der Waals surface area contributed by atoms with E-state index in [-0.39, 0.29) is 6.07 Å². The number of benzene rings is 1. The minimum absolute atomic E-state index is 0.209. The van der Waals surface area contributed by atoms with Crippen molar-refractivity contribution in [2.24, 2.45) is 0 Å². The first-order valence-electron chi connectivity index (χ1n) is 5.10. The van der Waals surface area contributed by atoms with Crippen molar-refractivity contribution < 1.29 is 44.3 Å². The molecule has 0 aliphatic rings. The highest BCUT2D eigenvalue weighted by molar-refractivity contribution is 6.34. The molecule has 2 nitrogen and oxygen atoms in total. The van der Waals surface area contributed by atoms with E-state index in [9.17, 15) is 39.5 Å². The van der Waals surface area contributed by atoms with Crippen molar-refractivity contribution in [3.8, 4) is 5.75 Å². The molecule has 0 saturated carbocycles. The van der Waals surface area contributed by atoms with E-state index in [1.807, 2.05) is 0 Å². The Bertz CT molecular complexity index is 555. The number of alkyl halides is 9. The molecule has 12 heteroatoms. The van der Waals surface area contributed by atoms with E-state index in [2.05, 4.69) is 4.74 Å². The summed E-state index contributed by atoms with van der Waals surface area (Å²) < 4.78 is 116. The van der Waals surface area contributed by atoms with Crippen LogP contribution < -0.4 is 10.5 Å². The van der Waals surface area contributed by atoms with Crippen LogP contribution in [0.15, 0.2) is 12.1 Å². The van der Waals surface area contributed by atoms with E-state index in [4.69, 9.17) is 17.3 Å². The highest BCUT2D eigenvalue weighted by atomic mass is 35.5. The Balaban J connectivity index is 3.32. The lowest BCUT2D eigenvalue weighted by Crippen LogP contribution is -2.46. The third-order valence-corrected chi connectivity index (χ3v) is 2.65. The molecule has 1 unspecified atom stereocenters. The molecule has 1 atom stereocenters. The molecule has 0 amide bonds. The molecular formula is C10H5ClF9NO. The lowest BCUT2D eigenvalue weighted by atomic mass is 10.1. The minimum atomic E-state index is -6.04. The Morgan fingerprint density at radius 2 is 1.50 bits per heavy atom. The van der Waals surface area contributed by atoms with Crippen molar-refractivity contribution in [2.45, 2.75) is 24.6 Å². The van der Waals surface area contributed by atoms with Gasteiger partial charge in [0.15, 0.2) is 0 Å². The second-order valence-corrected chi connectivity index (χ2v) is 4.29. The number of hydrogen-bond donors (Lipinski definition) is 1. The van der Waals surface area contributed by atoms with Crippen LogP contribution in [0, 0.1) is 0 Å². The molecule has 0 radical (unpaired) electrons. The van der Waals surface area contributed by atoms with Gasteiger partial charge >= 0.3 is 18.5 Å². The Morgan fingerprint density at radius 1 is 1.00 bits per heavy atom. The fraction of sp³-hybridized carbons (Fsp3) is 0.400. The van der Waals surface area contributed by atoms with Crippen LogP contribution in [0.3, 0.4) is 0 Å². The summed E-state index contributed by atoms with van der Waals surface area (Å²) in [6.45, 7) is 0. The molecule has 0 bridgehead atoms. The second-order valence-electron chi connectivity index (χ2n) is 3.91. The van der Waals surface area contributed by atoms with Gasteiger partial charge in [0, 0.05) is 0 Å². The van der Waals surface area contributed by atoms with Gasteiger partial charge in [0.2, 0.25) is 0 Å². The number of hydrogen-bond acceptors (Lipinski definition) is 2. The van der Waals surface area contributed by atoms with Gasteiger partial charge in [-0.3, -0.25) is 0 Å². The largest absolute Gasteiger partial charge is 0.439 e. The fourth-order valence-electron chi connectivity index (χ4n) is 1.31. The molecule has 2 N–H and O–H groups in total. The summed E-state index contributed by atoms with van der Waals surface area (Å²) in [6.07, 6.45) is -21.9. The molecule has 1 rings (SSSR count). The number of ether oxygens (including phenoxy) is 1. The highest BCUT2D eigenvalue weighted by Gasteiger charge is 2.60. The maximum Gasteiger partial charge on any atom is 0.439 e. The van der Waals surface area contributed by atoms with Gasteiger partial charge in [0.05, 0.1) is 10.7 Å². The van der Waals surface area contributed by atoms with Crippen LogP contribution in [-0.4, -0.2) is 18.5 Å². The van der Waals surface area contributed by atoms with Gasteiger partial charge in [0.1, 0.15) is 11.3 Å². The van der Waals surface area contributed by atoms with Crippen LogP contribution in [0.1, 0.15) is 5.56 Å². The van der Waals surface area contributed by atoms with Crippen molar-refractivity contribution in [2.75, 3.05) is 5.73 Å². The van der Waals surface area contributed by atoms with E-state index in [1.54, 1.807) is 0 Å². The molecule has 0 aliphatic carbocycles. The molecule has 0 saturated heterocycles. The van der Waals surface area contributed by atoms with Gasteiger partial charge in [-0.15, -0.1) is 0 Å². The average molecular weight is 362 g/mol. The van der Waals surface area contributed by atoms with Crippen molar-refractivity contribution in [1.82, 2.24) is 0 Å². The molecule has 22 heavy (non-hydrogen) atoms. The smallest absolute Gasteiger partial charge is 0.429 e. The van der Waals surface area contributed by atoms with Gasteiger partial charge in [-0.1, -0.05) is 11.6 Å². The Labute approximate surface area is 121 Å². The third-order valence-electron chi connectivity index (χ3n) is 2.25. The maximum atomic E-state index is 13.0. The summed E-state index contributed by atoms with van der Waals surface area (Å²) in [5.41, 5.74) is 2.33. The van der Waals surface area contributed by atoms with Crippen LogP contribution in [0.2, 0.25) is 5.02 Å². The molecule has 126 valence electrons. The minimum Gasteiger partial charge on any atom is -0.429 e. The molecule has 1 aromatic carbocycles. The zero-order valence-corrected chi connectivity index (χ0v) is 10.8. The Morgan fingerprint density at radius 3 is 1.91 bits per heavy atom. The topological polar surface area (TPSA) is 35.2 Å². The molecule has 0 aliphatic heterocycles. The molecular weight excluding hydrogens is 357 g/mol. The highest BCUT2D eigenvalue weighted by Crippen LogP contribution is 2.46. The van der Waals surface area contributed by atoms with Crippen LogP contribution in [0.25, 0.3) is 0 Å². The number of halogens is 10. The van der Waals surface area contributed by atoms with Crippen molar-refractivity contribution in [3.05, 3.63) is 22.7 Å². The van der Waals surface area contributed by atoms with Gasteiger partial charge < -0.3 is 10.5 Å². The van der Waals surface area contributed by atoms with Gasteiger partial charge in [-0.2, -0.15) is 35.1 Å². The molecule has 0 heterocycles. The number of rotatable bonds is 3. The monoisotopic (exact) mass is 361 g/mol. The van der Waals surface area contributed by atoms with Crippen molar-refractivity contribution in [3.63, 3.8) is 0 Å². The lowest BCUT2D eigenvalue weighted by Gasteiger charge is -2.25. The number of nitrogens with two attached hydrogens (primary N) is 1. The number of anilines is 1. The van der Waals surface area contributed by atoms with Gasteiger partial charge in [-0.25, -0.2) is 4.39 Å². The summed E-state index contributed by atoms with van der Waals surface area (Å²) in [6, 6.07) is 0.796. The zero-order valence-electron chi connectivity index (χ0n) is 10.00. The summed E-state index contributed by atoms with van der Waals surface area (Å²) >= 11 is 5.20. The fourth-order valence-corrected chi connectivity index (χ4v) is 1.58. The quantitative estimate of drug-likeness (QED) is 0.619. The third kappa shape index (κ3) is 3.81. The van der Waals surface area contributed by atoms with E-state index < -0.39 is 46.7 Å². The SMILES string of the molecule is Nc1ccc(OC(F)(F)C(F)C(F)(F)F)c(C(F)(F)F)c1Cl. The predicted molar refractivity (Wildman–Crippen MR) is 57.4 cm³/mol. The molecule has 0 aromatic heterocycles. The van der Waals surface area contributed by atoms with Crippen molar-refractivity contribution >= 4 is 17.3 Å². The predicted octanol–water partition coefficient (Wildman–Crippen LogP) is 4.81. The average Bonchev–Trinajstić information content (AvgIpc) is 2.29. The van der Waals surface area contributed by atoms with Crippen LogP contribution >= 0.6 is 11.6 Å². The summed E-state index contributed by atoms with van der Waals surface area (Å²) in [5.74, 6) is -1.79.